The maximum absolute atomic E-state index is 5.47. The van der Waals surface area contributed by atoms with Crippen LogP contribution in [0.3, 0.4) is 0 Å². The molecule has 0 aliphatic heterocycles. The lowest BCUT2D eigenvalue weighted by molar-refractivity contribution is 0.835. The highest BCUT2D eigenvalue weighted by atomic mass is 15.2. The first-order valence-electron chi connectivity index (χ1n) is 4.80. The smallest absolute Gasteiger partial charge is 0.158 e. The van der Waals surface area contributed by atoms with Crippen LogP contribution in [0.15, 0.2) is 18.6 Å². The standard InChI is InChI=1S/C10H14N4/c1-8-5-12-10-9(3-2-4-11)6-13-14(10)7-8/h5-7H,2-4,11H2,1H3. The van der Waals surface area contributed by atoms with Crippen LogP contribution < -0.4 is 5.73 Å². The van der Waals surface area contributed by atoms with Crippen molar-refractivity contribution in [1.29, 1.82) is 0 Å². The first-order valence-corrected chi connectivity index (χ1v) is 4.80. The normalized spacial score (nSPS) is 11.0. The lowest BCUT2D eigenvalue weighted by Crippen LogP contribution is -2.00. The summed E-state index contributed by atoms with van der Waals surface area (Å²) in [5, 5.41) is 4.25. The van der Waals surface area contributed by atoms with Crippen LogP contribution in [0, 0.1) is 6.92 Å². The van der Waals surface area contributed by atoms with Gasteiger partial charge in [-0.25, -0.2) is 9.50 Å². The van der Waals surface area contributed by atoms with Crippen LogP contribution >= 0.6 is 0 Å². The SMILES string of the molecule is Cc1cnc2c(CCCN)cnn2c1. The number of rotatable bonds is 3. The Kier molecular flexibility index (Phi) is 2.45. The number of aryl methyl sites for hydroxylation is 2. The molecule has 0 atom stereocenters. The summed E-state index contributed by atoms with van der Waals surface area (Å²) in [6, 6.07) is 0. The molecule has 0 radical (unpaired) electrons. The Balaban J connectivity index is 2.37. The molecule has 14 heavy (non-hydrogen) atoms. The highest BCUT2D eigenvalue weighted by molar-refractivity contribution is 5.46. The molecule has 2 N–H and O–H groups in total. The number of nitrogens with zero attached hydrogens (tertiary/aromatic N) is 3. The summed E-state index contributed by atoms with van der Waals surface area (Å²) in [7, 11) is 0. The molecule has 0 saturated heterocycles. The van der Waals surface area contributed by atoms with Gasteiger partial charge in [-0.3, -0.25) is 0 Å². The lowest BCUT2D eigenvalue weighted by Gasteiger charge is -1.97. The van der Waals surface area contributed by atoms with Gasteiger partial charge < -0.3 is 5.73 Å². The van der Waals surface area contributed by atoms with Crippen molar-refractivity contribution < 1.29 is 0 Å². The van der Waals surface area contributed by atoms with E-state index in [1.807, 2.05) is 30.0 Å². The average molecular weight is 190 g/mol. The fourth-order valence-corrected chi connectivity index (χ4v) is 1.49. The fourth-order valence-electron chi connectivity index (χ4n) is 1.49. The first-order chi connectivity index (χ1) is 6.81. The molecule has 0 fully saturated rings. The molecule has 0 aliphatic carbocycles. The Morgan fingerprint density at radius 2 is 2.29 bits per heavy atom. The molecular formula is C10H14N4. The largest absolute Gasteiger partial charge is 0.330 e. The van der Waals surface area contributed by atoms with Crippen molar-refractivity contribution in [2.45, 2.75) is 19.8 Å². The number of hydrogen-bond acceptors (Lipinski definition) is 3. The molecular weight excluding hydrogens is 176 g/mol. The number of fused-ring (bicyclic) bond motifs is 1. The van der Waals surface area contributed by atoms with E-state index >= 15 is 0 Å². The molecule has 4 nitrogen and oxygen atoms in total. The first kappa shape index (κ1) is 9.15. The van der Waals surface area contributed by atoms with Crippen molar-refractivity contribution >= 4 is 5.65 Å². The van der Waals surface area contributed by atoms with Gasteiger partial charge in [-0.15, -0.1) is 0 Å². The molecule has 0 aliphatic rings. The van der Waals surface area contributed by atoms with E-state index in [4.69, 9.17) is 5.73 Å². The van der Waals surface area contributed by atoms with E-state index < -0.39 is 0 Å². The van der Waals surface area contributed by atoms with Crippen LogP contribution in [0.1, 0.15) is 17.5 Å². The van der Waals surface area contributed by atoms with Gasteiger partial charge in [0.1, 0.15) is 0 Å². The highest BCUT2D eigenvalue weighted by Crippen LogP contribution is 2.10. The molecule has 2 rings (SSSR count). The van der Waals surface area contributed by atoms with Crippen molar-refractivity contribution in [1.82, 2.24) is 14.6 Å². The third-order valence-corrected chi connectivity index (χ3v) is 2.21. The Labute approximate surface area is 82.8 Å². The quantitative estimate of drug-likeness (QED) is 0.783. The van der Waals surface area contributed by atoms with Crippen molar-refractivity contribution in [3.05, 3.63) is 29.7 Å². The topological polar surface area (TPSA) is 56.2 Å². The van der Waals surface area contributed by atoms with Gasteiger partial charge in [0.15, 0.2) is 5.65 Å². The van der Waals surface area contributed by atoms with E-state index in [2.05, 4.69) is 10.1 Å². The molecule has 2 heterocycles. The molecule has 0 saturated carbocycles. The summed E-state index contributed by atoms with van der Waals surface area (Å²) in [6.45, 7) is 2.72. The monoisotopic (exact) mass is 190 g/mol. The van der Waals surface area contributed by atoms with Crippen LogP contribution in [0.25, 0.3) is 5.65 Å². The van der Waals surface area contributed by atoms with Gasteiger partial charge in [0, 0.05) is 18.0 Å². The summed E-state index contributed by atoms with van der Waals surface area (Å²) in [5.74, 6) is 0. The summed E-state index contributed by atoms with van der Waals surface area (Å²) in [6.07, 6.45) is 7.65. The van der Waals surface area contributed by atoms with E-state index in [0.29, 0.717) is 6.54 Å². The van der Waals surface area contributed by atoms with Crippen LogP contribution in [-0.2, 0) is 6.42 Å². The van der Waals surface area contributed by atoms with E-state index in [1.165, 1.54) is 5.56 Å². The van der Waals surface area contributed by atoms with Crippen LogP contribution in [0.4, 0.5) is 0 Å². The van der Waals surface area contributed by atoms with Gasteiger partial charge in [-0.05, 0) is 31.9 Å². The zero-order valence-electron chi connectivity index (χ0n) is 8.27. The Morgan fingerprint density at radius 1 is 1.43 bits per heavy atom. The molecule has 0 aromatic carbocycles. The Bertz CT molecular complexity index is 433. The average Bonchev–Trinajstić information content (AvgIpc) is 2.57. The van der Waals surface area contributed by atoms with Crippen LogP contribution in [0.2, 0.25) is 0 Å². The minimum Gasteiger partial charge on any atom is -0.330 e. The highest BCUT2D eigenvalue weighted by Gasteiger charge is 2.03. The molecule has 0 amide bonds. The predicted octanol–water partition coefficient (Wildman–Crippen LogP) is 0.929. The number of aromatic nitrogens is 3. The minimum atomic E-state index is 0.712. The van der Waals surface area contributed by atoms with Crippen molar-refractivity contribution in [3.63, 3.8) is 0 Å². The Morgan fingerprint density at radius 3 is 3.07 bits per heavy atom. The molecule has 2 aromatic heterocycles. The molecule has 4 heteroatoms. The van der Waals surface area contributed by atoms with Crippen molar-refractivity contribution in [2.24, 2.45) is 5.73 Å². The lowest BCUT2D eigenvalue weighted by atomic mass is 10.2. The van der Waals surface area contributed by atoms with E-state index in [0.717, 1.165) is 24.1 Å². The summed E-state index contributed by atoms with van der Waals surface area (Å²) < 4.78 is 1.82. The van der Waals surface area contributed by atoms with Crippen molar-refractivity contribution in [3.8, 4) is 0 Å². The van der Waals surface area contributed by atoms with Gasteiger partial charge in [0.05, 0.1) is 6.20 Å². The minimum absolute atomic E-state index is 0.712. The maximum atomic E-state index is 5.47. The maximum Gasteiger partial charge on any atom is 0.158 e. The van der Waals surface area contributed by atoms with Gasteiger partial charge in [0.25, 0.3) is 0 Å². The van der Waals surface area contributed by atoms with Gasteiger partial charge in [-0.1, -0.05) is 0 Å². The van der Waals surface area contributed by atoms with Crippen LogP contribution in [-0.4, -0.2) is 21.1 Å². The van der Waals surface area contributed by atoms with Crippen molar-refractivity contribution in [2.75, 3.05) is 6.54 Å². The summed E-state index contributed by atoms with van der Waals surface area (Å²) in [5.41, 5.74) is 8.71. The molecule has 0 spiro atoms. The van der Waals surface area contributed by atoms with Gasteiger partial charge in [0.2, 0.25) is 0 Å². The molecule has 74 valence electrons. The van der Waals surface area contributed by atoms with E-state index in [1.54, 1.807) is 0 Å². The second kappa shape index (κ2) is 3.75. The van der Waals surface area contributed by atoms with E-state index in [-0.39, 0.29) is 0 Å². The fraction of sp³-hybridized carbons (Fsp3) is 0.400. The predicted molar refractivity (Wildman–Crippen MR) is 55.1 cm³/mol. The third-order valence-electron chi connectivity index (χ3n) is 2.21. The second-order valence-corrected chi connectivity index (χ2v) is 3.46. The molecule has 0 unspecified atom stereocenters. The molecule has 2 aromatic rings. The van der Waals surface area contributed by atoms with Crippen LogP contribution in [0.5, 0.6) is 0 Å². The second-order valence-electron chi connectivity index (χ2n) is 3.46. The summed E-state index contributed by atoms with van der Waals surface area (Å²) >= 11 is 0. The van der Waals surface area contributed by atoms with Gasteiger partial charge >= 0.3 is 0 Å². The third kappa shape index (κ3) is 1.61. The Hall–Kier alpha value is -1.42. The van der Waals surface area contributed by atoms with Gasteiger partial charge in [-0.2, -0.15) is 5.10 Å². The summed E-state index contributed by atoms with van der Waals surface area (Å²) in [4.78, 5) is 4.35. The zero-order valence-corrected chi connectivity index (χ0v) is 8.27. The number of nitrogens with two attached hydrogens (primary N) is 1. The number of hydrogen-bond donors (Lipinski definition) is 1. The van der Waals surface area contributed by atoms with E-state index in [9.17, 15) is 0 Å². The zero-order chi connectivity index (χ0) is 9.97. The molecule has 0 bridgehead atoms.